The molecule has 0 aliphatic rings. The first-order valence-corrected chi connectivity index (χ1v) is 8.66. The second kappa shape index (κ2) is 6.45. The minimum atomic E-state index is 0.835. The fraction of sp³-hybridized carbons (Fsp3) is 0.105. The molecule has 2 aromatic carbocycles. The maximum Gasteiger partial charge on any atom is 0.118 e. The van der Waals surface area contributed by atoms with Gasteiger partial charge in [0.2, 0.25) is 0 Å². The number of aromatic nitrogens is 3. The van der Waals surface area contributed by atoms with Crippen LogP contribution >= 0.6 is 11.9 Å². The molecule has 0 bridgehead atoms. The van der Waals surface area contributed by atoms with Crippen LogP contribution in [0.25, 0.3) is 22.2 Å². The fourth-order valence-corrected chi connectivity index (χ4v) is 3.53. The van der Waals surface area contributed by atoms with Gasteiger partial charge < -0.3 is 4.74 Å². The van der Waals surface area contributed by atoms with E-state index in [1.54, 1.807) is 19.1 Å². The average molecular weight is 335 g/mol. The lowest BCUT2D eigenvalue weighted by molar-refractivity contribution is 0.415. The van der Waals surface area contributed by atoms with Crippen LogP contribution in [0.2, 0.25) is 0 Å². The van der Waals surface area contributed by atoms with Crippen LogP contribution in [0.5, 0.6) is 5.75 Å². The van der Waals surface area contributed by atoms with Crippen LogP contribution in [0.4, 0.5) is 0 Å². The van der Waals surface area contributed by atoms with Crippen molar-refractivity contribution in [1.82, 2.24) is 14.2 Å². The maximum absolute atomic E-state index is 5.19. The van der Waals surface area contributed by atoms with Gasteiger partial charge >= 0.3 is 0 Å². The van der Waals surface area contributed by atoms with Gasteiger partial charge in [-0.25, -0.2) is 0 Å². The van der Waals surface area contributed by atoms with Gasteiger partial charge in [0.1, 0.15) is 5.75 Å². The minimum Gasteiger partial charge on any atom is -0.497 e. The Balaban J connectivity index is 1.48. The molecule has 0 radical (unpaired) electrons. The predicted molar refractivity (Wildman–Crippen MR) is 99.2 cm³/mol. The molecule has 2 aromatic heterocycles. The van der Waals surface area contributed by atoms with Crippen molar-refractivity contribution in [3.63, 3.8) is 0 Å². The highest BCUT2D eigenvalue weighted by Crippen LogP contribution is 2.25. The number of aromatic amines is 1. The molecule has 0 spiro atoms. The summed E-state index contributed by atoms with van der Waals surface area (Å²) in [6.07, 6.45) is 2.11. The number of rotatable bonds is 5. The van der Waals surface area contributed by atoms with E-state index in [-0.39, 0.29) is 0 Å². The molecule has 24 heavy (non-hydrogen) atoms. The summed E-state index contributed by atoms with van der Waals surface area (Å²) in [6, 6.07) is 20.6. The van der Waals surface area contributed by atoms with Gasteiger partial charge in [0.25, 0.3) is 0 Å². The molecular formula is C19H17N3OS. The highest BCUT2D eigenvalue weighted by atomic mass is 32.2. The van der Waals surface area contributed by atoms with E-state index in [2.05, 4.69) is 56.8 Å². The standard InChI is InChI=1S/C19H17N3OS/c1-23-17-8-6-14(7-9-17)18-12-16(20-21-18)13-24-22-11-10-15-4-2-3-5-19(15)22/h2-12H,13H2,1H3,(H,20,21). The third kappa shape index (κ3) is 2.90. The van der Waals surface area contributed by atoms with E-state index in [0.29, 0.717) is 0 Å². The molecule has 0 saturated carbocycles. The highest BCUT2D eigenvalue weighted by molar-refractivity contribution is 7.97. The normalized spacial score (nSPS) is 11.0. The molecule has 0 amide bonds. The Kier molecular flexibility index (Phi) is 4.01. The van der Waals surface area contributed by atoms with E-state index in [1.807, 2.05) is 24.3 Å². The number of hydrogen-bond donors (Lipinski definition) is 1. The van der Waals surface area contributed by atoms with Gasteiger partial charge in [-0.1, -0.05) is 18.2 Å². The summed E-state index contributed by atoms with van der Waals surface area (Å²) in [4.78, 5) is 0. The second-order valence-electron chi connectivity index (χ2n) is 5.48. The van der Waals surface area contributed by atoms with E-state index < -0.39 is 0 Å². The van der Waals surface area contributed by atoms with Gasteiger partial charge in [-0.05, 0) is 54.4 Å². The average Bonchev–Trinajstić information content (AvgIpc) is 3.27. The zero-order valence-corrected chi connectivity index (χ0v) is 14.1. The molecule has 120 valence electrons. The summed E-state index contributed by atoms with van der Waals surface area (Å²) < 4.78 is 7.39. The number of fused-ring (bicyclic) bond motifs is 1. The molecule has 0 atom stereocenters. The van der Waals surface area contributed by atoms with Crippen molar-refractivity contribution < 1.29 is 4.74 Å². The van der Waals surface area contributed by atoms with Gasteiger partial charge in [0, 0.05) is 22.8 Å². The Morgan fingerprint density at radius 2 is 1.92 bits per heavy atom. The molecule has 4 rings (SSSR count). The molecule has 4 nitrogen and oxygen atoms in total. The van der Waals surface area contributed by atoms with Gasteiger partial charge in [-0.15, -0.1) is 0 Å². The van der Waals surface area contributed by atoms with E-state index in [1.165, 1.54) is 10.9 Å². The van der Waals surface area contributed by atoms with Crippen molar-refractivity contribution in [1.29, 1.82) is 0 Å². The molecule has 4 aromatic rings. The molecule has 0 unspecified atom stereocenters. The fourth-order valence-electron chi connectivity index (χ4n) is 2.65. The summed E-state index contributed by atoms with van der Waals surface area (Å²) in [6.45, 7) is 0. The number of H-pyrrole nitrogens is 1. The summed E-state index contributed by atoms with van der Waals surface area (Å²) in [5.74, 6) is 1.69. The topological polar surface area (TPSA) is 42.8 Å². The lowest BCUT2D eigenvalue weighted by atomic mass is 10.1. The van der Waals surface area contributed by atoms with E-state index >= 15 is 0 Å². The van der Waals surface area contributed by atoms with Crippen LogP contribution in [0.3, 0.4) is 0 Å². The van der Waals surface area contributed by atoms with E-state index in [4.69, 9.17) is 4.74 Å². The smallest absolute Gasteiger partial charge is 0.118 e. The third-order valence-corrected chi connectivity index (χ3v) is 4.98. The van der Waals surface area contributed by atoms with Crippen LogP contribution in [-0.2, 0) is 5.75 Å². The van der Waals surface area contributed by atoms with Crippen molar-refractivity contribution in [2.24, 2.45) is 0 Å². The predicted octanol–water partition coefficient (Wildman–Crippen LogP) is 4.74. The zero-order chi connectivity index (χ0) is 16.4. The van der Waals surface area contributed by atoms with Gasteiger partial charge in [0.15, 0.2) is 0 Å². The van der Waals surface area contributed by atoms with Gasteiger partial charge in [-0.3, -0.25) is 9.07 Å². The summed E-state index contributed by atoms with van der Waals surface area (Å²) >= 11 is 1.75. The van der Waals surface area contributed by atoms with Crippen LogP contribution in [-0.4, -0.2) is 21.3 Å². The van der Waals surface area contributed by atoms with Gasteiger partial charge in [-0.2, -0.15) is 5.10 Å². The first-order chi connectivity index (χ1) is 11.8. The van der Waals surface area contributed by atoms with Crippen LogP contribution < -0.4 is 4.74 Å². The second-order valence-corrected chi connectivity index (χ2v) is 6.42. The monoisotopic (exact) mass is 335 g/mol. The van der Waals surface area contributed by atoms with Gasteiger partial charge in [0.05, 0.1) is 24.1 Å². The van der Waals surface area contributed by atoms with Crippen molar-refractivity contribution in [2.75, 3.05) is 7.11 Å². The summed E-state index contributed by atoms with van der Waals surface area (Å²) in [5, 5.41) is 8.80. The molecule has 5 heteroatoms. The first-order valence-electron chi connectivity index (χ1n) is 7.71. The Bertz CT molecular complexity index is 956. The lowest BCUT2D eigenvalue weighted by Gasteiger charge is -2.02. The SMILES string of the molecule is COc1ccc(-c2cc(CSn3ccc4ccccc43)[nH]n2)cc1. The summed E-state index contributed by atoms with van der Waals surface area (Å²) in [5.41, 5.74) is 4.36. The van der Waals surface area contributed by atoms with Crippen molar-refractivity contribution in [3.8, 4) is 17.0 Å². The number of hydrogen-bond acceptors (Lipinski definition) is 3. The number of benzene rings is 2. The molecular weight excluding hydrogens is 318 g/mol. The van der Waals surface area contributed by atoms with Crippen LogP contribution in [0, 0.1) is 0 Å². The van der Waals surface area contributed by atoms with Crippen molar-refractivity contribution in [2.45, 2.75) is 5.75 Å². The number of nitrogens with one attached hydrogen (secondary N) is 1. The first kappa shape index (κ1) is 14.9. The Labute approximate surface area is 144 Å². The molecule has 1 N–H and O–H groups in total. The number of para-hydroxylation sites is 1. The number of ether oxygens (including phenoxy) is 1. The number of methoxy groups -OCH3 is 1. The minimum absolute atomic E-state index is 0.835. The van der Waals surface area contributed by atoms with Crippen molar-refractivity contribution >= 4 is 22.9 Å². The lowest BCUT2D eigenvalue weighted by Crippen LogP contribution is -1.87. The Morgan fingerprint density at radius 3 is 2.75 bits per heavy atom. The number of nitrogens with zero attached hydrogens (tertiary/aromatic N) is 2. The maximum atomic E-state index is 5.19. The van der Waals surface area contributed by atoms with Crippen LogP contribution in [0.15, 0.2) is 66.9 Å². The molecule has 2 heterocycles. The van der Waals surface area contributed by atoms with Crippen LogP contribution in [0.1, 0.15) is 5.69 Å². The molecule has 0 aliphatic carbocycles. The molecule has 0 aliphatic heterocycles. The Hall–Kier alpha value is -2.66. The largest absolute Gasteiger partial charge is 0.497 e. The van der Waals surface area contributed by atoms with Crippen molar-refractivity contribution in [3.05, 3.63) is 72.6 Å². The Morgan fingerprint density at radius 1 is 1.08 bits per heavy atom. The highest BCUT2D eigenvalue weighted by Gasteiger charge is 2.06. The molecule has 0 fully saturated rings. The molecule has 0 saturated heterocycles. The quantitative estimate of drug-likeness (QED) is 0.573. The zero-order valence-electron chi connectivity index (χ0n) is 13.3. The van der Waals surface area contributed by atoms with E-state index in [9.17, 15) is 0 Å². The third-order valence-electron chi connectivity index (χ3n) is 3.94. The summed E-state index contributed by atoms with van der Waals surface area (Å²) in [7, 11) is 1.67. The van der Waals surface area contributed by atoms with E-state index in [0.717, 1.165) is 28.5 Å².